The fourth-order valence-electron chi connectivity index (χ4n) is 1.09. The van der Waals surface area contributed by atoms with Gasteiger partial charge < -0.3 is 16.5 Å². The Morgan fingerprint density at radius 1 is 1.40 bits per heavy atom. The van der Waals surface area contributed by atoms with Gasteiger partial charge in [-0.3, -0.25) is 4.79 Å². The van der Waals surface area contributed by atoms with Gasteiger partial charge in [0, 0.05) is 13.0 Å². The standard InChI is InChI=1S/C9H15N5O/c10-7(15)3-2-6-12-8-4-1-5-9(13-8)14-11/h1,4-5H,2-3,6,11H2,(H2,10,15)(H2,12,13,14). The molecule has 6 heteroatoms. The molecule has 0 bridgehead atoms. The van der Waals surface area contributed by atoms with Gasteiger partial charge >= 0.3 is 0 Å². The van der Waals surface area contributed by atoms with Crippen molar-refractivity contribution < 1.29 is 4.79 Å². The third-order valence-electron chi connectivity index (χ3n) is 1.80. The highest BCUT2D eigenvalue weighted by Crippen LogP contribution is 2.07. The summed E-state index contributed by atoms with van der Waals surface area (Å²) in [5.74, 6) is 6.23. The van der Waals surface area contributed by atoms with Gasteiger partial charge in [-0.25, -0.2) is 10.8 Å². The lowest BCUT2D eigenvalue weighted by atomic mass is 10.3. The number of hydrogen-bond donors (Lipinski definition) is 4. The van der Waals surface area contributed by atoms with Crippen LogP contribution in [0.1, 0.15) is 12.8 Å². The summed E-state index contributed by atoms with van der Waals surface area (Å²) in [7, 11) is 0. The predicted octanol–water partition coefficient (Wildman–Crippen LogP) is 0.0446. The first-order valence-corrected chi connectivity index (χ1v) is 4.68. The fourth-order valence-corrected chi connectivity index (χ4v) is 1.09. The van der Waals surface area contributed by atoms with Crippen molar-refractivity contribution in [1.82, 2.24) is 4.98 Å². The molecule has 0 atom stereocenters. The zero-order chi connectivity index (χ0) is 11.1. The smallest absolute Gasteiger partial charge is 0.217 e. The summed E-state index contributed by atoms with van der Waals surface area (Å²) in [6, 6.07) is 5.41. The zero-order valence-corrected chi connectivity index (χ0v) is 8.36. The summed E-state index contributed by atoms with van der Waals surface area (Å²) >= 11 is 0. The van der Waals surface area contributed by atoms with Crippen molar-refractivity contribution in [3.63, 3.8) is 0 Å². The second-order valence-electron chi connectivity index (χ2n) is 3.05. The van der Waals surface area contributed by atoms with Crippen LogP contribution in [0.15, 0.2) is 18.2 Å². The molecule has 6 nitrogen and oxygen atoms in total. The molecule has 0 radical (unpaired) electrons. The van der Waals surface area contributed by atoms with Crippen LogP contribution in [0.25, 0.3) is 0 Å². The highest BCUT2D eigenvalue weighted by molar-refractivity contribution is 5.73. The van der Waals surface area contributed by atoms with E-state index in [1.165, 1.54) is 0 Å². The number of carbonyl (C=O) groups is 1. The largest absolute Gasteiger partial charge is 0.370 e. The number of primary amides is 1. The zero-order valence-electron chi connectivity index (χ0n) is 8.36. The van der Waals surface area contributed by atoms with Crippen molar-refractivity contribution in [2.75, 3.05) is 17.3 Å². The first-order valence-electron chi connectivity index (χ1n) is 4.68. The Hall–Kier alpha value is -1.82. The minimum Gasteiger partial charge on any atom is -0.370 e. The molecule has 1 heterocycles. The lowest BCUT2D eigenvalue weighted by Crippen LogP contribution is -2.13. The molecule has 0 aliphatic heterocycles. The first kappa shape index (κ1) is 11.3. The number of nitrogen functional groups attached to an aromatic ring is 1. The van der Waals surface area contributed by atoms with Crippen molar-refractivity contribution in [2.45, 2.75) is 12.8 Å². The van der Waals surface area contributed by atoms with E-state index in [9.17, 15) is 4.79 Å². The topological polar surface area (TPSA) is 106 Å². The van der Waals surface area contributed by atoms with Gasteiger partial charge in [-0.05, 0) is 18.6 Å². The molecule has 1 aromatic rings. The number of rotatable bonds is 6. The first-order chi connectivity index (χ1) is 7.22. The fraction of sp³-hybridized carbons (Fsp3) is 0.333. The summed E-state index contributed by atoms with van der Waals surface area (Å²) in [5, 5.41) is 3.06. The molecule has 1 amide bonds. The normalized spacial score (nSPS) is 9.67. The molecular weight excluding hydrogens is 194 g/mol. The van der Waals surface area contributed by atoms with Crippen LogP contribution in [0.3, 0.4) is 0 Å². The summed E-state index contributed by atoms with van der Waals surface area (Å²) in [6.45, 7) is 0.657. The minimum absolute atomic E-state index is 0.290. The molecule has 0 spiro atoms. The van der Waals surface area contributed by atoms with Crippen molar-refractivity contribution in [1.29, 1.82) is 0 Å². The van der Waals surface area contributed by atoms with E-state index in [2.05, 4.69) is 15.7 Å². The molecule has 0 aliphatic rings. The van der Waals surface area contributed by atoms with Crippen molar-refractivity contribution >= 4 is 17.5 Å². The third-order valence-corrected chi connectivity index (χ3v) is 1.80. The van der Waals surface area contributed by atoms with E-state index in [4.69, 9.17) is 11.6 Å². The Morgan fingerprint density at radius 3 is 2.80 bits per heavy atom. The Morgan fingerprint density at radius 2 is 2.13 bits per heavy atom. The molecule has 0 saturated carbocycles. The number of carbonyl (C=O) groups excluding carboxylic acids is 1. The van der Waals surface area contributed by atoms with Crippen LogP contribution >= 0.6 is 0 Å². The maximum atomic E-state index is 10.5. The van der Waals surface area contributed by atoms with Crippen LogP contribution in [0.5, 0.6) is 0 Å². The molecule has 0 saturated heterocycles. The Kier molecular flexibility index (Phi) is 4.36. The van der Waals surface area contributed by atoms with Gasteiger partial charge in [-0.1, -0.05) is 6.07 Å². The number of hydrazine groups is 1. The number of hydrogen-bond acceptors (Lipinski definition) is 5. The van der Waals surface area contributed by atoms with E-state index < -0.39 is 0 Å². The molecule has 0 unspecified atom stereocenters. The van der Waals surface area contributed by atoms with E-state index in [0.717, 1.165) is 5.82 Å². The molecular formula is C9H15N5O. The van der Waals surface area contributed by atoms with Gasteiger partial charge in [0.25, 0.3) is 0 Å². The second kappa shape index (κ2) is 5.82. The molecule has 0 fully saturated rings. The summed E-state index contributed by atoms with van der Waals surface area (Å²) < 4.78 is 0. The minimum atomic E-state index is -0.290. The van der Waals surface area contributed by atoms with E-state index in [-0.39, 0.29) is 5.91 Å². The SMILES string of the molecule is NNc1cccc(NCCCC(N)=O)n1. The number of nitrogens with zero attached hydrogens (tertiary/aromatic N) is 1. The van der Waals surface area contributed by atoms with Gasteiger partial charge in [0.15, 0.2) is 0 Å². The monoisotopic (exact) mass is 209 g/mol. The van der Waals surface area contributed by atoms with Gasteiger partial charge in [-0.15, -0.1) is 0 Å². The summed E-state index contributed by atoms with van der Waals surface area (Å²) in [6.07, 6.45) is 1.07. The van der Waals surface area contributed by atoms with E-state index >= 15 is 0 Å². The average Bonchev–Trinajstić information content (AvgIpc) is 2.24. The van der Waals surface area contributed by atoms with E-state index in [0.29, 0.717) is 25.2 Å². The molecule has 0 aromatic carbocycles. The van der Waals surface area contributed by atoms with Gasteiger partial charge in [0.2, 0.25) is 5.91 Å². The summed E-state index contributed by atoms with van der Waals surface area (Å²) in [5.41, 5.74) is 7.46. The number of aromatic nitrogens is 1. The number of nitrogens with two attached hydrogens (primary N) is 2. The Balaban J connectivity index is 2.33. The van der Waals surface area contributed by atoms with Crippen LogP contribution in [-0.2, 0) is 4.79 Å². The van der Waals surface area contributed by atoms with Crippen molar-refractivity contribution in [3.8, 4) is 0 Å². The number of nitrogens with one attached hydrogen (secondary N) is 2. The third kappa shape index (κ3) is 4.28. The predicted molar refractivity (Wildman–Crippen MR) is 59.0 cm³/mol. The van der Waals surface area contributed by atoms with Gasteiger partial charge in [0.05, 0.1) is 0 Å². The molecule has 82 valence electrons. The maximum Gasteiger partial charge on any atom is 0.217 e. The molecule has 1 rings (SSSR count). The molecule has 6 N–H and O–H groups in total. The Bertz CT molecular complexity index is 328. The lowest BCUT2D eigenvalue weighted by Gasteiger charge is -2.06. The van der Waals surface area contributed by atoms with E-state index in [1.54, 1.807) is 6.07 Å². The quantitative estimate of drug-likeness (QED) is 0.301. The highest BCUT2D eigenvalue weighted by atomic mass is 16.1. The van der Waals surface area contributed by atoms with E-state index in [1.807, 2.05) is 12.1 Å². The molecule has 0 aliphatic carbocycles. The number of pyridine rings is 1. The molecule has 1 aromatic heterocycles. The van der Waals surface area contributed by atoms with Crippen LogP contribution in [-0.4, -0.2) is 17.4 Å². The average molecular weight is 209 g/mol. The number of anilines is 2. The second-order valence-corrected chi connectivity index (χ2v) is 3.05. The molecule has 15 heavy (non-hydrogen) atoms. The Labute approximate surface area is 88.0 Å². The van der Waals surface area contributed by atoms with Gasteiger partial charge in [-0.2, -0.15) is 0 Å². The van der Waals surface area contributed by atoms with Crippen LogP contribution in [0.4, 0.5) is 11.6 Å². The van der Waals surface area contributed by atoms with Crippen LogP contribution in [0.2, 0.25) is 0 Å². The van der Waals surface area contributed by atoms with Crippen molar-refractivity contribution in [2.24, 2.45) is 11.6 Å². The van der Waals surface area contributed by atoms with Crippen molar-refractivity contribution in [3.05, 3.63) is 18.2 Å². The number of amides is 1. The maximum absolute atomic E-state index is 10.5. The highest BCUT2D eigenvalue weighted by Gasteiger charge is 1.96. The van der Waals surface area contributed by atoms with Gasteiger partial charge in [0.1, 0.15) is 11.6 Å². The van der Waals surface area contributed by atoms with Crippen LogP contribution in [0, 0.1) is 0 Å². The summed E-state index contributed by atoms with van der Waals surface area (Å²) in [4.78, 5) is 14.6. The lowest BCUT2D eigenvalue weighted by molar-refractivity contribution is -0.118. The van der Waals surface area contributed by atoms with Crippen LogP contribution < -0.4 is 22.3 Å².